The molecule has 0 spiro atoms. The highest BCUT2D eigenvalue weighted by molar-refractivity contribution is 6.08. The standard InChI is InChI=1S/C69H56N2O4/c1-8-66(72)74-64-31-17-23-55-57(64)25-15-29-62(55)71(63-30-16-26-58-56(63)24-18-32-65(58)75-67(73)9-2)50-39-35-47(36-40-50)46-33-37-49(38-34-46)70(51-21-14-20-48-19-10-12-27-59(48)68(4,5)45(3)43-51)52-41-42-54-53-22-11-13-28-60(53)69(6,7)61(54)44-52/h8-19,21-44H,1-3,20H2,4-7H3. The molecule has 0 unspecified atom stereocenters. The van der Waals surface area contributed by atoms with Gasteiger partial charge in [-0.3, -0.25) is 0 Å². The molecule has 0 aromatic heterocycles. The van der Waals surface area contributed by atoms with Gasteiger partial charge >= 0.3 is 11.9 Å². The second-order valence-electron chi connectivity index (χ2n) is 20.2. The van der Waals surface area contributed by atoms with Crippen LogP contribution in [0.25, 0.3) is 43.8 Å². The first-order chi connectivity index (χ1) is 36.3. The quantitative estimate of drug-likeness (QED) is 0.0731. The Hall–Kier alpha value is -9.26. The number of carbonyl (C=O) groups excluding carboxylic acids is 2. The molecule has 0 saturated carbocycles. The molecule has 9 aromatic rings. The van der Waals surface area contributed by atoms with Gasteiger partial charge in [-0.05, 0) is 129 Å². The molecular weight excluding hydrogens is 921 g/mol. The molecule has 0 amide bonds. The van der Waals surface area contributed by atoms with Gasteiger partial charge in [0.15, 0.2) is 0 Å². The second kappa shape index (κ2) is 19.3. The van der Waals surface area contributed by atoms with E-state index in [-0.39, 0.29) is 10.8 Å². The van der Waals surface area contributed by atoms with Crippen LogP contribution < -0.4 is 19.3 Å². The largest absolute Gasteiger partial charge is 0.423 e. The summed E-state index contributed by atoms with van der Waals surface area (Å²) in [5.74, 6) is -0.229. The number of hydrogen-bond donors (Lipinski definition) is 0. The van der Waals surface area contributed by atoms with Gasteiger partial charge in [0.05, 0.1) is 11.4 Å². The van der Waals surface area contributed by atoms with Gasteiger partial charge in [-0.25, -0.2) is 9.59 Å². The fraction of sp³-hybridized carbons (Fsp3) is 0.101. The Kier molecular flexibility index (Phi) is 12.4. The second-order valence-corrected chi connectivity index (χ2v) is 20.2. The molecule has 0 saturated heterocycles. The van der Waals surface area contributed by atoms with E-state index in [1.165, 1.54) is 33.4 Å². The highest BCUT2D eigenvalue weighted by Gasteiger charge is 2.36. The highest BCUT2D eigenvalue weighted by atomic mass is 16.5. The average Bonchev–Trinajstić information content (AvgIpc) is 3.71. The van der Waals surface area contributed by atoms with E-state index in [4.69, 9.17) is 16.1 Å². The van der Waals surface area contributed by atoms with Gasteiger partial charge in [0.25, 0.3) is 0 Å². The van der Waals surface area contributed by atoms with Crippen molar-refractivity contribution in [1.29, 1.82) is 0 Å². The number of esters is 2. The SMILES string of the molecule is C=CC(=O)Oc1cccc2c(N(c3ccc(-c4ccc(N(C5=CC(=C)C(C)(C)c6ccccc6CC=C5)c5ccc6c(c5)C(C)(C)c5ccccc5-6)cc4)cc3)c3cccc4c(OC(=O)C=C)cccc34)cccc12. The zero-order valence-corrected chi connectivity index (χ0v) is 42.6. The third kappa shape index (κ3) is 8.64. The van der Waals surface area contributed by atoms with E-state index < -0.39 is 11.9 Å². The molecule has 11 rings (SSSR count). The van der Waals surface area contributed by atoms with Crippen molar-refractivity contribution < 1.29 is 19.1 Å². The van der Waals surface area contributed by atoms with Gasteiger partial charge < -0.3 is 19.3 Å². The minimum absolute atomic E-state index is 0.178. The smallest absolute Gasteiger partial charge is 0.335 e. The number of fused-ring (bicyclic) bond motifs is 6. The molecule has 366 valence electrons. The molecule has 0 bridgehead atoms. The minimum Gasteiger partial charge on any atom is -0.423 e. The fourth-order valence-corrected chi connectivity index (χ4v) is 11.0. The molecule has 75 heavy (non-hydrogen) atoms. The van der Waals surface area contributed by atoms with Crippen molar-refractivity contribution in [2.75, 3.05) is 9.80 Å². The number of nitrogens with zero attached hydrogens (tertiary/aromatic N) is 2. The molecule has 0 aliphatic heterocycles. The first-order valence-electron chi connectivity index (χ1n) is 25.3. The summed E-state index contributed by atoms with van der Waals surface area (Å²) in [6, 6.07) is 65.1. The van der Waals surface area contributed by atoms with E-state index in [0.29, 0.717) is 11.5 Å². The van der Waals surface area contributed by atoms with Crippen LogP contribution in [0.3, 0.4) is 0 Å². The topological polar surface area (TPSA) is 59.1 Å². The van der Waals surface area contributed by atoms with E-state index >= 15 is 0 Å². The Labute approximate surface area is 439 Å². The lowest BCUT2D eigenvalue weighted by atomic mass is 9.75. The minimum atomic E-state index is -0.541. The van der Waals surface area contributed by atoms with Gasteiger partial charge in [-0.2, -0.15) is 0 Å². The van der Waals surface area contributed by atoms with E-state index in [2.05, 4.69) is 196 Å². The number of rotatable bonds is 11. The summed E-state index contributed by atoms with van der Waals surface area (Å²) in [4.78, 5) is 29.6. The fourth-order valence-electron chi connectivity index (χ4n) is 11.0. The van der Waals surface area contributed by atoms with Crippen molar-refractivity contribution >= 4 is 61.9 Å². The van der Waals surface area contributed by atoms with Crippen LogP contribution in [0.15, 0.2) is 249 Å². The first kappa shape index (κ1) is 48.0. The Morgan fingerprint density at radius 3 is 1.57 bits per heavy atom. The molecule has 2 aliphatic carbocycles. The van der Waals surface area contributed by atoms with E-state index in [0.717, 1.165) is 91.0 Å². The summed E-state index contributed by atoms with van der Waals surface area (Å²) in [5, 5.41) is 3.24. The summed E-state index contributed by atoms with van der Waals surface area (Å²) >= 11 is 0. The van der Waals surface area contributed by atoms with Crippen molar-refractivity contribution in [3.63, 3.8) is 0 Å². The maximum Gasteiger partial charge on any atom is 0.335 e. The van der Waals surface area contributed by atoms with Crippen LogP contribution >= 0.6 is 0 Å². The Morgan fingerprint density at radius 2 is 0.987 bits per heavy atom. The Balaban J connectivity index is 1.01. The zero-order valence-electron chi connectivity index (χ0n) is 42.6. The van der Waals surface area contributed by atoms with Gasteiger partial charge in [0.1, 0.15) is 11.5 Å². The number of ether oxygens (including phenoxy) is 2. The zero-order chi connectivity index (χ0) is 52.0. The normalized spacial score (nSPS) is 14.0. The van der Waals surface area contributed by atoms with Gasteiger partial charge in [0, 0.05) is 67.3 Å². The van der Waals surface area contributed by atoms with Gasteiger partial charge in [0.2, 0.25) is 0 Å². The van der Waals surface area contributed by atoms with Crippen molar-refractivity contribution in [3.05, 3.63) is 272 Å². The van der Waals surface area contributed by atoms with Crippen molar-refractivity contribution in [2.45, 2.75) is 44.9 Å². The molecule has 6 nitrogen and oxygen atoms in total. The summed E-state index contributed by atoms with van der Waals surface area (Å²) in [6.45, 7) is 21.1. The third-order valence-electron chi connectivity index (χ3n) is 15.1. The molecule has 0 atom stereocenters. The molecule has 2 aliphatic rings. The number of anilines is 5. The number of benzene rings is 9. The highest BCUT2D eigenvalue weighted by Crippen LogP contribution is 2.51. The summed E-state index contributed by atoms with van der Waals surface area (Å²) in [6.07, 6.45) is 9.92. The molecule has 0 radical (unpaired) electrons. The summed E-state index contributed by atoms with van der Waals surface area (Å²) in [7, 11) is 0. The van der Waals surface area contributed by atoms with Crippen LogP contribution in [0.4, 0.5) is 28.4 Å². The van der Waals surface area contributed by atoms with Crippen molar-refractivity contribution in [1.82, 2.24) is 0 Å². The van der Waals surface area contributed by atoms with Crippen LogP contribution in [0.1, 0.15) is 49.9 Å². The van der Waals surface area contributed by atoms with Crippen LogP contribution in [-0.2, 0) is 26.8 Å². The van der Waals surface area contributed by atoms with Gasteiger partial charge in [-0.1, -0.05) is 181 Å². The third-order valence-corrected chi connectivity index (χ3v) is 15.1. The Bertz CT molecular complexity index is 3750. The molecule has 9 aromatic carbocycles. The lowest BCUT2D eigenvalue weighted by molar-refractivity contribution is -0.129. The molecule has 0 fully saturated rings. The van der Waals surface area contributed by atoms with Crippen LogP contribution in [0, 0.1) is 0 Å². The lowest BCUT2D eigenvalue weighted by Crippen LogP contribution is -2.22. The number of allylic oxidation sites excluding steroid dienone is 4. The van der Waals surface area contributed by atoms with Crippen LogP contribution in [0.5, 0.6) is 11.5 Å². The summed E-state index contributed by atoms with van der Waals surface area (Å²) in [5.41, 5.74) is 16.1. The average molecular weight is 977 g/mol. The van der Waals surface area contributed by atoms with Crippen LogP contribution in [0.2, 0.25) is 0 Å². The predicted molar refractivity (Wildman–Crippen MR) is 309 cm³/mol. The van der Waals surface area contributed by atoms with E-state index in [1.54, 1.807) is 12.1 Å². The summed E-state index contributed by atoms with van der Waals surface area (Å²) < 4.78 is 11.5. The van der Waals surface area contributed by atoms with Crippen molar-refractivity contribution in [2.24, 2.45) is 0 Å². The first-order valence-corrected chi connectivity index (χ1v) is 25.3. The number of carbonyl (C=O) groups is 2. The molecule has 6 heteroatoms. The number of hydrogen-bond acceptors (Lipinski definition) is 6. The van der Waals surface area contributed by atoms with Crippen LogP contribution in [-0.4, -0.2) is 11.9 Å². The van der Waals surface area contributed by atoms with E-state index in [9.17, 15) is 9.59 Å². The monoisotopic (exact) mass is 976 g/mol. The molecule has 0 heterocycles. The molecule has 0 N–H and O–H groups in total. The lowest BCUT2D eigenvalue weighted by Gasteiger charge is -2.31. The maximum atomic E-state index is 12.5. The van der Waals surface area contributed by atoms with Gasteiger partial charge in [-0.15, -0.1) is 0 Å². The van der Waals surface area contributed by atoms with Crippen molar-refractivity contribution in [3.8, 4) is 33.8 Å². The maximum absolute atomic E-state index is 12.5. The predicted octanol–water partition coefficient (Wildman–Crippen LogP) is 17.3. The van der Waals surface area contributed by atoms with E-state index in [1.807, 2.05) is 48.5 Å². The Morgan fingerprint density at radius 1 is 0.493 bits per heavy atom. The molecular formula is C69H56N2O4.